The van der Waals surface area contributed by atoms with Gasteiger partial charge in [-0.2, -0.15) is 5.10 Å². The predicted molar refractivity (Wildman–Crippen MR) is 133 cm³/mol. The smallest absolute Gasteiger partial charge is 0.328 e. The quantitative estimate of drug-likeness (QED) is 0.320. The van der Waals surface area contributed by atoms with Gasteiger partial charge in [0.1, 0.15) is 17.2 Å². The van der Waals surface area contributed by atoms with Gasteiger partial charge in [0, 0.05) is 25.0 Å². The van der Waals surface area contributed by atoms with Crippen molar-refractivity contribution < 1.29 is 33.3 Å². The Kier molecular flexibility index (Phi) is 6.62. The van der Waals surface area contributed by atoms with Gasteiger partial charge in [-0.25, -0.2) is 14.5 Å². The minimum absolute atomic E-state index is 0.0598. The van der Waals surface area contributed by atoms with Gasteiger partial charge in [0.05, 0.1) is 37.3 Å². The maximum atomic E-state index is 12.6. The number of rotatable bonds is 9. The van der Waals surface area contributed by atoms with E-state index in [1.54, 1.807) is 54.5 Å². The third kappa shape index (κ3) is 4.72. The summed E-state index contributed by atoms with van der Waals surface area (Å²) in [5, 5.41) is 9.46. The molecule has 1 fully saturated rings. The highest BCUT2D eigenvalue weighted by Crippen LogP contribution is 2.30. The van der Waals surface area contributed by atoms with Crippen LogP contribution in [-0.4, -0.2) is 59.0 Å². The van der Waals surface area contributed by atoms with E-state index in [1.165, 1.54) is 7.11 Å². The van der Waals surface area contributed by atoms with E-state index >= 15 is 0 Å². The fourth-order valence-corrected chi connectivity index (χ4v) is 3.97. The standard InChI is InChI=1S/C26H23N5O7/c1-35-12-11-26(23(32)29-25(34)30-24(26)33)38-19-6-4-18(5-7-19)37-20-8-9-21-16(13-20)14-28-31(21)17-3-10-22(36-2)27-15-17/h3-10,13-15H,11-12H2,1-2H3,(H2,29,30,32,33,34). The van der Waals surface area contributed by atoms with E-state index in [1.807, 2.05) is 24.3 Å². The lowest BCUT2D eigenvalue weighted by atomic mass is 9.95. The first kappa shape index (κ1) is 24.7. The maximum Gasteiger partial charge on any atom is 0.328 e. The molecule has 0 spiro atoms. The number of aromatic nitrogens is 3. The van der Waals surface area contributed by atoms with Gasteiger partial charge in [0.15, 0.2) is 0 Å². The van der Waals surface area contributed by atoms with Gasteiger partial charge >= 0.3 is 6.03 Å². The van der Waals surface area contributed by atoms with Gasteiger partial charge in [0.2, 0.25) is 5.88 Å². The first-order valence-corrected chi connectivity index (χ1v) is 11.5. The Labute approximate surface area is 216 Å². The molecular weight excluding hydrogens is 494 g/mol. The Hall–Kier alpha value is -4.97. The molecule has 1 saturated heterocycles. The Morgan fingerprint density at radius 2 is 1.58 bits per heavy atom. The van der Waals surface area contributed by atoms with Gasteiger partial charge < -0.3 is 18.9 Å². The maximum absolute atomic E-state index is 12.6. The molecule has 0 atom stereocenters. The molecule has 2 N–H and O–H groups in total. The summed E-state index contributed by atoms with van der Waals surface area (Å²) in [5.74, 6) is 0.119. The number of urea groups is 1. The molecular formula is C26H23N5O7. The minimum Gasteiger partial charge on any atom is -0.481 e. The number of carbonyl (C=O) groups excluding carboxylic acids is 3. The van der Waals surface area contributed by atoms with Gasteiger partial charge in [-0.15, -0.1) is 0 Å². The van der Waals surface area contributed by atoms with Gasteiger partial charge in [-0.3, -0.25) is 20.2 Å². The number of fused-ring (bicyclic) bond motifs is 1. The van der Waals surface area contributed by atoms with Crippen molar-refractivity contribution in [1.29, 1.82) is 0 Å². The fraction of sp³-hybridized carbons (Fsp3) is 0.192. The number of carbonyl (C=O) groups is 3. The van der Waals surface area contributed by atoms with Crippen molar-refractivity contribution in [2.24, 2.45) is 0 Å². The number of pyridine rings is 1. The average molecular weight is 517 g/mol. The number of barbiturate groups is 1. The molecule has 38 heavy (non-hydrogen) atoms. The highest BCUT2D eigenvalue weighted by Gasteiger charge is 2.52. The van der Waals surface area contributed by atoms with Gasteiger partial charge in [-0.05, 0) is 48.5 Å². The second-order valence-corrected chi connectivity index (χ2v) is 8.32. The Morgan fingerprint density at radius 3 is 2.24 bits per heavy atom. The molecule has 0 saturated carbocycles. The van der Waals surface area contributed by atoms with E-state index in [-0.39, 0.29) is 18.8 Å². The lowest BCUT2D eigenvalue weighted by Crippen LogP contribution is -2.69. The minimum atomic E-state index is -1.95. The lowest BCUT2D eigenvalue weighted by Gasteiger charge is -2.34. The molecule has 12 heteroatoms. The SMILES string of the molecule is COCCC1(Oc2ccc(Oc3ccc4c(cnn4-c4ccc(OC)nc4)c3)cc2)C(=O)NC(=O)NC1=O. The van der Waals surface area contributed by atoms with E-state index in [9.17, 15) is 14.4 Å². The van der Waals surface area contributed by atoms with E-state index in [4.69, 9.17) is 18.9 Å². The second kappa shape index (κ2) is 10.2. The molecule has 194 valence electrons. The summed E-state index contributed by atoms with van der Waals surface area (Å²) in [6, 6.07) is 14.7. The normalized spacial score (nSPS) is 14.6. The van der Waals surface area contributed by atoms with E-state index in [2.05, 4.69) is 20.7 Å². The molecule has 0 unspecified atom stereocenters. The molecule has 0 radical (unpaired) electrons. The molecule has 0 aliphatic carbocycles. The van der Waals surface area contributed by atoms with Gasteiger partial charge in [0.25, 0.3) is 17.4 Å². The highest BCUT2D eigenvalue weighted by atomic mass is 16.5. The summed E-state index contributed by atoms with van der Waals surface area (Å²) < 4.78 is 23.7. The van der Waals surface area contributed by atoms with Crippen LogP contribution in [0, 0.1) is 0 Å². The number of ether oxygens (including phenoxy) is 4. The largest absolute Gasteiger partial charge is 0.481 e. The number of methoxy groups -OCH3 is 2. The van der Waals surface area contributed by atoms with Crippen molar-refractivity contribution >= 4 is 28.7 Å². The number of benzene rings is 2. The molecule has 12 nitrogen and oxygen atoms in total. The number of hydrogen-bond acceptors (Lipinski definition) is 9. The van der Waals surface area contributed by atoms with Crippen LogP contribution in [0.4, 0.5) is 4.79 Å². The van der Waals surface area contributed by atoms with Crippen LogP contribution in [0.2, 0.25) is 0 Å². The number of nitrogens with one attached hydrogen (secondary N) is 2. The van der Waals surface area contributed by atoms with Crippen molar-refractivity contribution in [2.45, 2.75) is 12.0 Å². The monoisotopic (exact) mass is 517 g/mol. The van der Waals surface area contributed by atoms with Crippen molar-refractivity contribution in [3.8, 4) is 28.8 Å². The number of imide groups is 2. The van der Waals surface area contributed by atoms with Crippen molar-refractivity contribution in [3.05, 3.63) is 67.0 Å². The molecule has 4 amide bonds. The number of amides is 4. The van der Waals surface area contributed by atoms with Crippen LogP contribution in [0.15, 0.2) is 67.0 Å². The first-order chi connectivity index (χ1) is 18.4. The molecule has 2 aromatic carbocycles. The summed E-state index contributed by atoms with van der Waals surface area (Å²) in [5.41, 5.74) is -0.286. The topological polar surface area (TPSA) is 143 Å². The number of hydrogen-bond donors (Lipinski definition) is 2. The summed E-state index contributed by atoms with van der Waals surface area (Å²) in [6.45, 7) is 0.0598. The molecule has 4 aromatic rings. The van der Waals surface area contributed by atoms with E-state index in [0.29, 0.717) is 17.4 Å². The third-order valence-electron chi connectivity index (χ3n) is 5.91. The second-order valence-electron chi connectivity index (χ2n) is 8.32. The Balaban J connectivity index is 1.32. The van der Waals surface area contributed by atoms with Crippen LogP contribution in [-0.2, 0) is 14.3 Å². The third-order valence-corrected chi connectivity index (χ3v) is 5.91. The zero-order valence-corrected chi connectivity index (χ0v) is 20.5. The van der Waals surface area contributed by atoms with Crippen LogP contribution in [0.25, 0.3) is 16.6 Å². The van der Waals surface area contributed by atoms with Crippen LogP contribution in [0.1, 0.15) is 6.42 Å². The number of nitrogens with zero attached hydrogens (tertiary/aromatic N) is 3. The zero-order valence-electron chi connectivity index (χ0n) is 20.5. The Bertz CT molecular complexity index is 1480. The van der Waals surface area contributed by atoms with E-state index in [0.717, 1.165) is 16.6 Å². The zero-order chi connectivity index (χ0) is 26.7. The summed E-state index contributed by atoms with van der Waals surface area (Å²) in [6.07, 6.45) is 3.32. The Morgan fingerprint density at radius 1 is 0.868 bits per heavy atom. The van der Waals surface area contributed by atoms with Crippen LogP contribution >= 0.6 is 0 Å². The van der Waals surface area contributed by atoms with Gasteiger partial charge in [-0.1, -0.05) is 0 Å². The molecule has 1 aliphatic heterocycles. The van der Waals surface area contributed by atoms with E-state index < -0.39 is 23.4 Å². The van der Waals surface area contributed by atoms with Crippen molar-refractivity contribution in [2.75, 3.05) is 20.8 Å². The highest BCUT2D eigenvalue weighted by molar-refractivity contribution is 6.21. The fourth-order valence-electron chi connectivity index (χ4n) is 3.97. The van der Waals surface area contributed by atoms with Crippen molar-refractivity contribution in [1.82, 2.24) is 25.4 Å². The molecule has 3 heterocycles. The van der Waals surface area contributed by atoms with Crippen LogP contribution < -0.4 is 24.8 Å². The van der Waals surface area contributed by atoms with Crippen molar-refractivity contribution in [3.63, 3.8) is 0 Å². The predicted octanol–water partition coefficient (Wildman–Crippen LogP) is 2.74. The van der Waals surface area contributed by atoms with Crippen LogP contribution in [0.3, 0.4) is 0 Å². The summed E-state index contributed by atoms with van der Waals surface area (Å²) in [7, 11) is 2.99. The molecule has 0 bridgehead atoms. The molecule has 2 aromatic heterocycles. The van der Waals surface area contributed by atoms with Crippen LogP contribution in [0.5, 0.6) is 23.1 Å². The summed E-state index contributed by atoms with van der Waals surface area (Å²) >= 11 is 0. The molecule has 1 aliphatic rings. The first-order valence-electron chi connectivity index (χ1n) is 11.5. The lowest BCUT2D eigenvalue weighted by molar-refractivity contribution is -0.153. The molecule has 5 rings (SSSR count). The average Bonchev–Trinajstić information content (AvgIpc) is 3.34. The summed E-state index contributed by atoms with van der Waals surface area (Å²) in [4.78, 5) is 40.9.